The zero-order valence-corrected chi connectivity index (χ0v) is 17.8. The highest BCUT2D eigenvalue weighted by atomic mass is 19.1. The maximum absolute atomic E-state index is 13.6. The van der Waals surface area contributed by atoms with Crippen molar-refractivity contribution in [2.75, 3.05) is 0 Å². The van der Waals surface area contributed by atoms with Crippen molar-refractivity contribution in [2.24, 2.45) is 5.92 Å². The molecule has 4 aromatic rings. The summed E-state index contributed by atoms with van der Waals surface area (Å²) >= 11 is 0. The van der Waals surface area contributed by atoms with E-state index >= 15 is 0 Å². The Hall–Kier alpha value is -3.73. The topological polar surface area (TPSA) is 42.2 Å². The molecule has 3 aromatic carbocycles. The Kier molecular flexibility index (Phi) is 5.91. The first-order valence-electron chi connectivity index (χ1n) is 10.4. The number of carboxylic acids is 1. The van der Waals surface area contributed by atoms with Crippen molar-refractivity contribution in [3.8, 4) is 0 Å². The molecule has 5 heteroatoms. The summed E-state index contributed by atoms with van der Waals surface area (Å²) in [7, 11) is 0. The fourth-order valence-corrected chi connectivity index (χ4v) is 4.09. The van der Waals surface area contributed by atoms with E-state index in [1.165, 1.54) is 30.3 Å². The van der Waals surface area contributed by atoms with Gasteiger partial charge in [0.05, 0.1) is 6.04 Å². The number of hydrogen-bond donors (Lipinski definition) is 1. The largest absolute Gasteiger partial charge is 0.478 e. The highest BCUT2D eigenvalue weighted by Gasteiger charge is 2.19. The second-order valence-corrected chi connectivity index (χ2v) is 8.09. The number of benzene rings is 3. The smallest absolute Gasteiger partial charge is 0.328 e. The van der Waals surface area contributed by atoms with Crippen molar-refractivity contribution >= 4 is 22.4 Å². The van der Waals surface area contributed by atoms with Crippen LogP contribution >= 0.6 is 0 Å². The molecule has 0 atom stereocenters. The fraction of sp³-hybridized carbons (Fsp3) is 0.148. The van der Waals surface area contributed by atoms with Crippen molar-refractivity contribution in [1.82, 2.24) is 4.57 Å². The van der Waals surface area contributed by atoms with Gasteiger partial charge in [-0.15, -0.1) is 0 Å². The summed E-state index contributed by atoms with van der Waals surface area (Å²) in [6.07, 6.45) is 3.20. The third kappa shape index (κ3) is 4.33. The number of aromatic nitrogens is 1. The monoisotopic (exact) mass is 431 g/mol. The molecule has 162 valence electrons. The molecule has 0 radical (unpaired) electrons. The molecule has 0 bridgehead atoms. The Balaban J connectivity index is 1.85. The fourth-order valence-electron chi connectivity index (χ4n) is 4.09. The summed E-state index contributed by atoms with van der Waals surface area (Å²) in [5.74, 6) is -1.56. The van der Waals surface area contributed by atoms with Gasteiger partial charge in [-0.3, -0.25) is 0 Å². The molecule has 1 N–H and O–H groups in total. The lowest BCUT2D eigenvalue weighted by molar-refractivity contribution is -0.131. The molecule has 0 aliphatic carbocycles. The zero-order valence-electron chi connectivity index (χ0n) is 17.8. The number of nitrogens with zero attached hydrogens (tertiary/aromatic N) is 1. The second kappa shape index (κ2) is 8.79. The molecule has 1 aromatic heterocycles. The molecule has 0 aliphatic rings. The van der Waals surface area contributed by atoms with Gasteiger partial charge in [0.25, 0.3) is 0 Å². The van der Waals surface area contributed by atoms with E-state index in [9.17, 15) is 18.7 Å². The minimum absolute atomic E-state index is 0.0526. The van der Waals surface area contributed by atoms with Crippen LogP contribution in [0.1, 0.15) is 36.6 Å². The molecule has 0 unspecified atom stereocenters. The van der Waals surface area contributed by atoms with E-state index in [2.05, 4.69) is 4.57 Å². The predicted molar refractivity (Wildman–Crippen MR) is 122 cm³/mol. The quantitative estimate of drug-likeness (QED) is 0.346. The average molecular weight is 431 g/mol. The maximum atomic E-state index is 13.6. The number of hydrogen-bond acceptors (Lipinski definition) is 1. The van der Waals surface area contributed by atoms with Crippen LogP contribution in [0, 0.1) is 17.6 Å². The van der Waals surface area contributed by atoms with Crippen LogP contribution in [-0.2, 0) is 4.79 Å². The minimum atomic E-state index is -0.973. The van der Waals surface area contributed by atoms with Crippen LogP contribution in [0.3, 0.4) is 0 Å². The highest BCUT2D eigenvalue weighted by molar-refractivity contribution is 5.93. The van der Waals surface area contributed by atoms with E-state index in [0.29, 0.717) is 0 Å². The van der Waals surface area contributed by atoms with Crippen LogP contribution < -0.4 is 0 Å². The minimum Gasteiger partial charge on any atom is -0.478 e. The number of carboxylic acid groups (broad SMARTS) is 1. The highest BCUT2D eigenvalue weighted by Crippen LogP contribution is 2.33. The molecule has 1 heterocycles. The lowest BCUT2D eigenvalue weighted by Gasteiger charge is -2.22. The summed E-state index contributed by atoms with van der Waals surface area (Å²) < 4.78 is 29.2. The first-order chi connectivity index (χ1) is 15.3. The van der Waals surface area contributed by atoms with Gasteiger partial charge in [-0.1, -0.05) is 44.2 Å². The Morgan fingerprint density at radius 3 is 1.94 bits per heavy atom. The Labute approximate surface area is 185 Å². The lowest BCUT2D eigenvalue weighted by atomic mass is 9.94. The summed E-state index contributed by atoms with van der Waals surface area (Å²) in [6, 6.07) is 20.1. The number of aliphatic carboxylic acids is 1. The van der Waals surface area contributed by atoms with Crippen LogP contribution in [0.4, 0.5) is 8.78 Å². The summed E-state index contributed by atoms with van der Waals surface area (Å²) in [5, 5.41) is 10.2. The normalized spacial score (nSPS) is 12.1. The van der Waals surface area contributed by atoms with Crippen molar-refractivity contribution in [3.63, 3.8) is 0 Å². The molecular formula is C27H23F2NO2. The number of allylic oxidation sites excluding steroid dienone is 1. The molecule has 0 amide bonds. The third-order valence-corrected chi connectivity index (χ3v) is 5.60. The molecule has 4 rings (SSSR count). The van der Waals surface area contributed by atoms with Gasteiger partial charge in [0.1, 0.15) is 11.6 Å². The van der Waals surface area contributed by atoms with Crippen LogP contribution in [0.25, 0.3) is 16.5 Å². The first-order valence-corrected chi connectivity index (χ1v) is 10.4. The number of carbonyl (C=O) groups is 1. The maximum Gasteiger partial charge on any atom is 0.328 e. The predicted octanol–water partition coefficient (Wildman–Crippen LogP) is 6.68. The number of halogens is 2. The average Bonchev–Trinajstić information content (AvgIpc) is 3.17. The van der Waals surface area contributed by atoms with Crippen molar-refractivity contribution in [1.29, 1.82) is 0 Å². The van der Waals surface area contributed by atoms with Crippen LogP contribution in [0.15, 0.2) is 85.1 Å². The molecular weight excluding hydrogens is 408 g/mol. The summed E-state index contributed by atoms with van der Waals surface area (Å²) in [4.78, 5) is 11.3. The molecule has 0 aliphatic heterocycles. The van der Waals surface area contributed by atoms with Gasteiger partial charge in [0.15, 0.2) is 0 Å². The van der Waals surface area contributed by atoms with Crippen molar-refractivity contribution in [2.45, 2.75) is 19.9 Å². The second-order valence-electron chi connectivity index (χ2n) is 8.09. The van der Waals surface area contributed by atoms with Crippen LogP contribution in [0.5, 0.6) is 0 Å². The SMILES string of the molecule is CC(C)C(=CC(=O)O)c1ccc2c(ccn2C(c2ccc(F)cc2)c2ccc(F)cc2)c1. The third-order valence-electron chi connectivity index (χ3n) is 5.60. The lowest BCUT2D eigenvalue weighted by Crippen LogP contribution is -2.11. The van der Waals surface area contributed by atoms with Crippen molar-refractivity contribution < 1.29 is 18.7 Å². The van der Waals surface area contributed by atoms with Gasteiger partial charge in [0.2, 0.25) is 0 Å². The van der Waals surface area contributed by atoms with Gasteiger partial charge in [-0.2, -0.15) is 0 Å². The van der Waals surface area contributed by atoms with E-state index < -0.39 is 5.97 Å². The first kappa shape index (κ1) is 21.5. The Morgan fingerprint density at radius 1 is 0.875 bits per heavy atom. The van der Waals surface area contributed by atoms with E-state index in [1.807, 2.05) is 44.3 Å². The zero-order chi connectivity index (χ0) is 22.8. The molecule has 3 nitrogen and oxygen atoms in total. The van der Waals surface area contributed by atoms with E-state index in [1.54, 1.807) is 24.3 Å². The van der Waals surface area contributed by atoms with Crippen LogP contribution in [-0.4, -0.2) is 15.6 Å². The number of fused-ring (bicyclic) bond motifs is 1. The number of rotatable bonds is 6. The van der Waals surface area contributed by atoms with Gasteiger partial charge in [-0.25, -0.2) is 13.6 Å². The van der Waals surface area contributed by atoms with Crippen LogP contribution in [0.2, 0.25) is 0 Å². The van der Waals surface area contributed by atoms with Gasteiger partial charge in [-0.05, 0) is 70.6 Å². The molecule has 32 heavy (non-hydrogen) atoms. The molecule has 0 fully saturated rings. The summed E-state index contributed by atoms with van der Waals surface area (Å²) in [6.45, 7) is 3.92. The molecule has 0 saturated heterocycles. The summed E-state index contributed by atoms with van der Waals surface area (Å²) in [5.41, 5.74) is 4.28. The Morgan fingerprint density at radius 2 is 1.44 bits per heavy atom. The van der Waals surface area contributed by atoms with E-state index in [-0.39, 0.29) is 23.6 Å². The van der Waals surface area contributed by atoms with Gasteiger partial charge >= 0.3 is 5.97 Å². The van der Waals surface area contributed by atoms with E-state index in [4.69, 9.17) is 0 Å². The molecule has 0 saturated carbocycles. The van der Waals surface area contributed by atoms with Crippen molar-refractivity contribution in [3.05, 3.63) is 113 Å². The van der Waals surface area contributed by atoms with Gasteiger partial charge in [0, 0.05) is 23.2 Å². The Bertz CT molecular complexity index is 1240. The molecule has 0 spiro atoms. The van der Waals surface area contributed by atoms with E-state index in [0.717, 1.165) is 33.2 Å². The van der Waals surface area contributed by atoms with Gasteiger partial charge < -0.3 is 9.67 Å². The standard InChI is InChI=1S/C27H23F2NO2/c1-17(2)24(16-26(31)32)20-7-12-25-21(15-20)13-14-30(25)27(18-3-8-22(28)9-4-18)19-5-10-23(29)11-6-19/h3-17,27H,1-2H3,(H,31,32).